The smallest absolute Gasteiger partial charge is 0.189 e. The van der Waals surface area contributed by atoms with Crippen LogP contribution >= 0.6 is 11.3 Å². The maximum atomic E-state index is 11.0. The zero-order valence-corrected chi connectivity index (χ0v) is 10.8. The van der Waals surface area contributed by atoms with Gasteiger partial charge in [0, 0.05) is 18.6 Å². The molecule has 0 saturated heterocycles. The van der Waals surface area contributed by atoms with Crippen LogP contribution in [-0.4, -0.2) is 35.4 Å². The Labute approximate surface area is 103 Å². The molecule has 0 radical (unpaired) electrons. The molecule has 8 heteroatoms. The highest BCUT2D eigenvalue weighted by atomic mass is 32.2. The summed E-state index contributed by atoms with van der Waals surface area (Å²) in [6, 6.07) is -0.384. The van der Waals surface area contributed by atoms with E-state index in [-0.39, 0.29) is 11.8 Å². The van der Waals surface area contributed by atoms with Crippen LogP contribution in [0.2, 0.25) is 0 Å². The van der Waals surface area contributed by atoms with Gasteiger partial charge >= 0.3 is 0 Å². The Balaban J connectivity index is 2.16. The zero-order chi connectivity index (χ0) is 12.5. The summed E-state index contributed by atoms with van der Waals surface area (Å²) in [5.41, 5.74) is 6.45. The molecule has 2 N–H and O–H groups in total. The number of hydrogen-bond acceptors (Lipinski definition) is 7. The maximum Gasteiger partial charge on any atom is 0.189 e. The van der Waals surface area contributed by atoms with Gasteiger partial charge in [0.15, 0.2) is 10.5 Å². The van der Waals surface area contributed by atoms with E-state index in [0.29, 0.717) is 17.1 Å². The second kappa shape index (κ2) is 4.63. The predicted octanol–water partition coefficient (Wildman–Crippen LogP) is 0.521. The standard InChI is InChI=1S/C9H12N4O2S2/c1-17(14,15)5-2-6(10)8-13-7-9(16-8)12-4-3-11-7/h3-4,6H,2,5,10H2,1H3. The molecular formula is C9H12N4O2S2. The fraction of sp³-hybridized carbons (Fsp3) is 0.444. The molecule has 6 nitrogen and oxygen atoms in total. The number of sulfone groups is 1. The SMILES string of the molecule is CS(=O)(=O)CCC(N)c1nc2nccnc2s1. The zero-order valence-electron chi connectivity index (χ0n) is 9.20. The minimum Gasteiger partial charge on any atom is -0.322 e. The van der Waals surface area contributed by atoms with Gasteiger partial charge in [-0.1, -0.05) is 11.3 Å². The number of thiazole rings is 1. The molecule has 1 unspecified atom stereocenters. The minimum absolute atomic E-state index is 0.0605. The van der Waals surface area contributed by atoms with Crippen LogP contribution in [0.1, 0.15) is 17.5 Å². The summed E-state index contributed by atoms with van der Waals surface area (Å²) >= 11 is 1.35. The first-order valence-corrected chi connectivity index (χ1v) is 7.84. The number of nitrogens with zero attached hydrogens (tertiary/aromatic N) is 3. The van der Waals surface area contributed by atoms with E-state index in [9.17, 15) is 8.42 Å². The summed E-state index contributed by atoms with van der Waals surface area (Å²) < 4.78 is 22.1. The van der Waals surface area contributed by atoms with Crippen molar-refractivity contribution in [2.75, 3.05) is 12.0 Å². The fourth-order valence-electron chi connectivity index (χ4n) is 1.32. The average molecular weight is 272 g/mol. The van der Waals surface area contributed by atoms with E-state index < -0.39 is 9.84 Å². The van der Waals surface area contributed by atoms with Crippen LogP contribution in [0.15, 0.2) is 12.4 Å². The molecule has 2 aromatic heterocycles. The first-order valence-electron chi connectivity index (χ1n) is 4.96. The molecule has 0 aliphatic carbocycles. The van der Waals surface area contributed by atoms with Crippen molar-refractivity contribution in [2.45, 2.75) is 12.5 Å². The largest absolute Gasteiger partial charge is 0.322 e. The molecule has 0 amide bonds. The monoisotopic (exact) mass is 272 g/mol. The van der Waals surface area contributed by atoms with Gasteiger partial charge in [-0.3, -0.25) is 0 Å². The minimum atomic E-state index is -2.99. The summed E-state index contributed by atoms with van der Waals surface area (Å²) in [7, 11) is -2.99. The van der Waals surface area contributed by atoms with E-state index in [2.05, 4.69) is 15.0 Å². The number of nitrogens with two attached hydrogens (primary N) is 1. The number of fused-ring (bicyclic) bond motifs is 1. The third-order valence-corrected chi connectivity index (χ3v) is 4.24. The van der Waals surface area contributed by atoms with Crippen LogP contribution in [0.4, 0.5) is 0 Å². The van der Waals surface area contributed by atoms with Crippen molar-refractivity contribution >= 4 is 31.7 Å². The van der Waals surface area contributed by atoms with Crippen LogP contribution in [0, 0.1) is 0 Å². The molecule has 2 heterocycles. The Morgan fingerprint density at radius 2 is 2.12 bits per heavy atom. The summed E-state index contributed by atoms with van der Waals surface area (Å²) in [6.07, 6.45) is 4.71. The van der Waals surface area contributed by atoms with Crippen LogP contribution in [0.25, 0.3) is 10.5 Å². The second-order valence-corrected chi connectivity index (χ2v) is 7.03. The van der Waals surface area contributed by atoms with Gasteiger partial charge in [0.05, 0.1) is 11.8 Å². The number of rotatable bonds is 4. The summed E-state index contributed by atoms with van der Waals surface area (Å²) in [5, 5.41) is 0.676. The third-order valence-electron chi connectivity index (χ3n) is 2.18. The van der Waals surface area contributed by atoms with Crippen molar-refractivity contribution < 1.29 is 8.42 Å². The lowest BCUT2D eigenvalue weighted by Gasteiger charge is -2.06. The Kier molecular flexibility index (Phi) is 3.36. The average Bonchev–Trinajstić information content (AvgIpc) is 2.68. The van der Waals surface area contributed by atoms with Crippen LogP contribution < -0.4 is 5.73 Å². The van der Waals surface area contributed by atoms with E-state index in [1.807, 2.05) is 0 Å². The number of aromatic nitrogens is 3. The second-order valence-electron chi connectivity index (χ2n) is 3.76. The van der Waals surface area contributed by atoms with Gasteiger partial charge in [0.2, 0.25) is 0 Å². The molecule has 0 saturated carbocycles. The first-order chi connectivity index (χ1) is 7.96. The molecule has 0 aliphatic heterocycles. The Morgan fingerprint density at radius 1 is 1.41 bits per heavy atom. The first kappa shape index (κ1) is 12.3. The van der Waals surface area contributed by atoms with Gasteiger partial charge in [-0.2, -0.15) is 0 Å². The van der Waals surface area contributed by atoms with Gasteiger partial charge in [0.1, 0.15) is 14.8 Å². The van der Waals surface area contributed by atoms with Crippen molar-refractivity contribution in [1.82, 2.24) is 15.0 Å². The summed E-state index contributed by atoms with van der Waals surface area (Å²) in [5.74, 6) is 0.0605. The van der Waals surface area contributed by atoms with Crippen molar-refractivity contribution in [1.29, 1.82) is 0 Å². The highest BCUT2D eigenvalue weighted by Gasteiger charge is 2.15. The summed E-state index contributed by atoms with van der Waals surface area (Å²) in [4.78, 5) is 13.1. The molecular weight excluding hydrogens is 260 g/mol. The maximum absolute atomic E-state index is 11.0. The van der Waals surface area contributed by atoms with Crippen LogP contribution in [-0.2, 0) is 9.84 Å². The molecule has 0 bridgehead atoms. The third kappa shape index (κ3) is 3.18. The highest BCUT2D eigenvalue weighted by Crippen LogP contribution is 2.23. The van der Waals surface area contributed by atoms with Crippen molar-refractivity contribution in [3.05, 3.63) is 17.4 Å². The molecule has 0 spiro atoms. The number of hydrogen-bond donors (Lipinski definition) is 1. The lowest BCUT2D eigenvalue weighted by atomic mass is 10.2. The van der Waals surface area contributed by atoms with Crippen LogP contribution in [0.3, 0.4) is 0 Å². The van der Waals surface area contributed by atoms with E-state index in [1.54, 1.807) is 12.4 Å². The quantitative estimate of drug-likeness (QED) is 0.871. The van der Waals surface area contributed by atoms with E-state index in [1.165, 1.54) is 17.6 Å². The Hall–Kier alpha value is -1.12. The molecule has 2 rings (SSSR count). The van der Waals surface area contributed by atoms with Crippen molar-refractivity contribution in [2.24, 2.45) is 5.73 Å². The van der Waals surface area contributed by atoms with Gasteiger partial charge in [-0.05, 0) is 6.42 Å². The van der Waals surface area contributed by atoms with Crippen LogP contribution in [0.5, 0.6) is 0 Å². The molecule has 0 fully saturated rings. The molecule has 2 aromatic rings. The van der Waals surface area contributed by atoms with Gasteiger partial charge in [-0.15, -0.1) is 0 Å². The highest BCUT2D eigenvalue weighted by molar-refractivity contribution is 7.90. The predicted molar refractivity (Wildman–Crippen MR) is 66.5 cm³/mol. The molecule has 0 aromatic carbocycles. The Morgan fingerprint density at radius 3 is 2.76 bits per heavy atom. The lowest BCUT2D eigenvalue weighted by molar-refractivity contribution is 0.591. The van der Waals surface area contributed by atoms with Gasteiger partial charge in [-0.25, -0.2) is 23.4 Å². The van der Waals surface area contributed by atoms with Gasteiger partial charge < -0.3 is 5.73 Å². The normalized spacial score (nSPS) is 14.0. The van der Waals surface area contributed by atoms with Crippen molar-refractivity contribution in [3.8, 4) is 0 Å². The molecule has 0 aliphatic rings. The van der Waals surface area contributed by atoms with Crippen molar-refractivity contribution in [3.63, 3.8) is 0 Å². The topological polar surface area (TPSA) is 98.8 Å². The van der Waals surface area contributed by atoms with E-state index in [0.717, 1.165) is 4.83 Å². The van der Waals surface area contributed by atoms with E-state index in [4.69, 9.17) is 5.73 Å². The fourth-order valence-corrected chi connectivity index (χ4v) is 2.90. The lowest BCUT2D eigenvalue weighted by Crippen LogP contribution is -2.15. The molecule has 17 heavy (non-hydrogen) atoms. The Bertz CT molecular complexity index is 590. The molecule has 92 valence electrons. The summed E-state index contributed by atoms with van der Waals surface area (Å²) in [6.45, 7) is 0. The van der Waals surface area contributed by atoms with Gasteiger partial charge in [0.25, 0.3) is 0 Å². The van der Waals surface area contributed by atoms with E-state index >= 15 is 0 Å². The molecule has 1 atom stereocenters.